The lowest BCUT2D eigenvalue weighted by molar-refractivity contribution is 0.0423. The molecule has 0 radical (unpaired) electrons. The van der Waals surface area contributed by atoms with Crippen molar-refractivity contribution < 1.29 is 9.90 Å². The molecule has 0 saturated carbocycles. The summed E-state index contributed by atoms with van der Waals surface area (Å²) in [5.74, 6) is -0.0388. The highest BCUT2D eigenvalue weighted by Crippen LogP contribution is 2.20. The number of carbonyl (C=O) groups excluding carboxylic acids is 1. The molecule has 2 N–H and O–H groups in total. The maximum Gasteiger partial charge on any atom is 0.275 e. The van der Waals surface area contributed by atoms with Crippen molar-refractivity contribution in [3.05, 3.63) is 65.9 Å². The van der Waals surface area contributed by atoms with Crippen LogP contribution in [0.4, 0.5) is 0 Å². The van der Waals surface area contributed by atoms with Crippen LogP contribution in [0.5, 0.6) is 0 Å². The summed E-state index contributed by atoms with van der Waals surface area (Å²) in [6, 6.07) is 18.3. The van der Waals surface area contributed by atoms with Crippen LogP contribution in [0.1, 0.15) is 22.5 Å². The highest BCUT2D eigenvalue weighted by molar-refractivity contribution is 6.04. The van der Waals surface area contributed by atoms with E-state index < -0.39 is 0 Å². The lowest BCUT2D eigenvalue weighted by Crippen LogP contribution is -2.55. The van der Waals surface area contributed by atoms with Gasteiger partial charge in [0, 0.05) is 44.2 Å². The third-order valence-corrected chi connectivity index (χ3v) is 5.56. The van der Waals surface area contributed by atoms with Gasteiger partial charge in [-0.2, -0.15) is 5.10 Å². The first kappa shape index (κ1) is 18.7. The van der Waals surface area contributed by atoms with E-state index in [-0.39, 0.29) is 18.6 Å². The largest absolute Gasteiger partial charge is 0.396 e. The molecule has 1 saturated heterocycles. The van der Waals surface area contributed by atoms with Gasteiger partial charge in [0.25, 0.3) is 5.91 Å². The van der Waals surface area contributed by atoms with E-state index in [1.807, 2.05) is 35.2 Å². The van der Waals surface area contributed by atoms with Gasteiger partial charge in [-0.3, -0.25) is 14.8 Å². The number of piperazine rings is 1. The molecule has 0 aliphatic carbocycles. The number of nitrogens with one attached hydrogen (secondary N) is 1. The number of rotatable bonds is 6. The number of aliphatic hydroxyl groups is 1. The standard InChI is InChI=1S/C22H26N4O2/c27-15-11-18-16-26(14-13-25(18)12-10-17-6-2-1-3-7-17)22(28)21-19-8-4-5-9-20(19)23-24-21/h1-9,18,27H,10-16H2,(H,23,24). The van der Waals surface area contributed by atoms with E-state index in [0.717, 1.165) is 30.4 Å². The van der Waals surface area contributed by atoms with Gasteiger partial charge in [-0.25, -0.2) is 0 Å². The van der Waals surface area contributed by atoms with Gasteiger partial charge in [-0.05, 0) is 24.5 Å². The first-order chi connectivity index (χ1) is 13.8. The molecule has 1 amide bonds. The molecule has 1 aromatic heterocycles. The Hall–Kier alpha value is -2.70. The molecule has 2 aromatic carbocycles. The number of fused-ring (bicyclic) bond motifs is 1. The van der Waals surface area contributed by atoms with Crippen LogP contribution in [0.25, 0.3) is 10.9 Å². The first-order valence-electron chi connectivity index (χ1n) is 9.87. The lowest BCUT2D eigenvalue weighted by atomic mass is 10.1. The number of nitrogens with zero attached hydrogens (tertiary/aromatic N) is 3. The Bertz CT molecular complexity index is 924. The zero-order valence-electron chi connectivity index (χ0n) is 15.9. The van der Waals surface area contributed by atoms with Crippen molar-refractivity contribution in [3.63, 3.8) is 0 Å². The molecule has 1 fully saturated rings. The number of para-hydroxylation sites is 1. The van der Waals surface area contributed by atoms with Gasteiger partial charge in [0.15, 0.2) is 5.69 Å². The molecule has 4 rings (SSSR count). The van der Waals surface area contributed by atoms with E-state index in [2.05, 4.69) is 39.4 Å². The number of aromatic nitrogens is 2. The monoisotopic (exact) mass is 378 g/mol. The minimum atomic E-state index is -0.0388. The van der Waals surface area contributed by atoms with E-state index in [4.69, 9.17) is 0 Å². The predicted octanol–water partition coefficient (Wildman–Crippen LogP) is 2.31. The summed E-state index contributed by atoms with van der Waals surface area (Å²) in [6.07, 6.45) is 1.64. The van der Waals surface area contributed by atoms with Crippen LogP contribution in [0, 0.1) is 0 Å². The zero-order valence-corrected chi connectivity index (χ0v) is 15.9. The summed E-state index contributed by atoms with van der Waals surface area (Å²) in [5.41, 5.74) is 2.67. The van der Waals surface area contributed by atoms with Gasteiger partial charge >= 0.3 is 0 Å². The molecule has 1 aliphatic heterocycles. The van der Waals surface area contributed by atoms with Crippen LogP contribution < -0.4 is 0 Å². The number of amides is 1. The molecule has 3 aromatic rings. The molecule has 1 aliphatic rings. The lowest BCUT2D eigenvalue weighted by Gasteiger charge is -2.41. The second-order valence-corrected chi connectivity index (χ2v) is 7.31. The smallest absolute Gasteiger partial charge is 0.275 e. The molecule has 28 heavy (non-hydrogen) atoms. The highest BCUT2D eigenvalue weighted by Gasteiger charge is 2.31. The summed E-state index contributed by atoms with van der Waals surface area (Å²) in [6.45, 7) is 3.17. The molecule has 1 unspecified atom stereocenters. The average molecular weight is 378 g/mol. The third-order valence-electron chi connectivity index (χ3n) is 5.56. The summed E-state index contributed by atoms with van der Waals surface area (Å²) in [4.78, 5) is 17.3. The molecule has 0 spiro atoms. The summed E-state index contributed by atoms with van der Waals surface area (Å²) in [5, 5.41) is 17.6. The Labute approximate surface area is 164 Å². The van der Waals surface area contributed by atoms with E-state index in [1.165, 1.54) is 5.56 Å². The van der Waals surface area contributed by atoms with Crippen LogP contribution in [-0.4, -0.2) is 69.8 Å². The number of hydrogen-bond acceptors (Lipinski definition) is 4. The Morgan fingerprint density at radius 1 is 1.11 bits per heavy atom. The average Bonchev–Trinajstić information content (AvgIpc) is 3.17. The summed E-state index contributed by atoms with van der Waals surface area (Å²) < 4.78 is 0. The van der Waals surface area contributed by atoms with Crippen molar-refractivity contribution in [2.75, 3.05) is 32.8 Å². The van der Waals surface area contributed by atoms with Gasteiger partial charge in [-0.1, -0.05) is 48.5 Å². The fraction of sp³-hybridized carbons (Fsp3) is 0.364. The van der Waals surface area contributed by atoms with Crippen LogP contribution in [-0.2, 0) is 6.42 Å². The second kappa shape index (κ2) is 8.54. The van der Waals surface area contributed by atoms with Gasteiger partial charge < -0.3 is 10.0 Å². The van der Waals surface area contributed by atoms with Crippen LogP contribution in [0.2, 0.25) is 0 Å². The van der Waals surface area contributed by atoms with Crippen molar-refractivity contribution in [3.8, 4) is 0 Å². The molecular weight excluding hydrogens is 352 g/mol. The topological polar surface area (TPSA) is 72.5 Å². The number of H-pyrrole nitrogens is 1. The number of benzene rings is 2. The minimum Gasteiger partial charge on any atom is -0.396 e. The Morgan fingerprint density at radius 3 is 2.71 bits per heavy atom. The van der Waals surface area contributed by atoms with E-state index >= 15 is 0 Å². The zero-order chi connectivity index (χ0) is 19.3. The van der Waals surface area contributed by atoms with Crippen LogP contribution in [0.15, 0.2) is 54.6 Å². The van der Waals surface area contributed by atoms with E-state index in [9.17, 15) is 9.90 Å². The van der Waals surface area contributed by atoms with Crippen molar-refractivity contribution >= 4 is 16.8 Å². The number of hydrogen-bond donors (Lipinski definition) is 2. The third kappa shape index (κ3) is 3.93. The SMILES string of the molecule is O=C(c1n[nH]c2ccccc12)N1CCN(CCc2ccccc2)C(CCO)C1. The molecule has 0 bridgehead atoms. The number of carbonyl (C=O) groups is 1. The number of aliphatic hydroxyl groups excluding tert-OH is 1. The van der Waals surface area contributed by atoms with Gasteiger partial charge in [0.05, 0.1) is 5.52 Å². The van der Waals surface area contributed by atoms with E-state index in [1.54, 1.807) is 0 Å². The minimum absolute atomic E-state index is 0.0388. The molecule has 146 valence electrons. The van der Waals surface area contributed by atoms with Gasteiger partial charge in [-0.15, -0.1) is 0 Å². The highest BCUT2D eigenvalue weighted by atomic mass is 16.3. The maximum atomic E-state index is 13.1. The summed E-state index contributed by atoms with van der Waals surface area (Å²) >= 11 is 0. The Morgan fingerprint density at radius 2 is 1.89 bits per heavy atom. The Balaban J connectivity index is 1.44. The normalized spacial score (nSPS) is 17.9. The second-order valence-electron chi connectivity index (χ2n) is 7.31. The Kier molecular flexibility index (Phi) is 5.69. The maximum absolute atomic E-state index is 13.1. The van der Waals surface area contributed by atoms with E-state index in [0.29, 0.717) is 25.2 Å². The molecule has 1 atom stereocenters. The fourth-order valence-corrected chi connectivity index (χ4v) is 3.99. The molecular formula is C22H26N4O2. The van der Waals surface area contributed by atoms with Crippen molar-refractivity contribution in [1.29, 1.82) is 0 Å². The molecule has 6 nitrogen and oxygen atoms in total. The van der Waals surface area contributed by atoms with Gasteiger partial charge in [0.2, 0.25) is 0 Å². The molecule has 2 heterocycles. The fourth-order valence-electron chi connectivity index (χ4n) is 3.99. The van der Waals surface area contributed by atoms with Crippen molar-refractivity contribution in [2.45, 2.75) is 18.9 Å². The first-order valence-corrected chi connectivity index (χ1v) is 9.87. The van der Waals surface area contributed by atoms with Crippen molar-refractivity contribution in [2.24, 2.45) is 0 Å². The van der Waals surface area contributed by atoms with Gasteiger partial charge in [0.1, 0.15) is 0 Å². The quantitative estimate of drug-likeness (QED) is 0.690. The van der Waals surface area contributed by atoms with Crippen LogP contribution in [0.3, 0.4) is 0 Å². The van der Waals surface area contributed by atoms with Crippen molar-refractivity contribution in [1.82, 2.24) is 20.0 Å². The van der Waals surface area contributed by atoms with Crippen LogP contribution >= 0.6 is 0 Å². The molecule has 6 heteroatoms. The summed E-state index contributed by atoms with van der Waals surface area (Å²) in [7, 11) is 0. The number of aromatic amines is 1. The predicted molar refractivity (Wildman–Crippen MR) is 109 cm³/mol.